The lowest BCUT2D eigenvalue weighted by Crippen LogP contribution is -2.12. The van der Waals surface area contributed by atoms with E-state index in [0.29, 0.717) is 0 Å². The molecule has 0 spiro atoms. The third-order valence-electron chi connectivity index (χ3n) is 12.6. The molecule has 0 saturated carbocycles. The quantitative estimate of drug-likeness (QED) is 0.149. The normalized spacial score (nSPS) is 11.8. The summed E-state index contributed by atoms with van der Waals surface area (Å²) in [6, 6.07) is 79.1. The topological polar surface area (TPSA) is 15.7 Å². The molecule has 1 aliphatic heterocycles. The Labute approximate surface area is 367 Å². The van der Waals surface area contributed by atoms with Crippen molar-refractivity contribution < 1.29 is 4.74 Å². The molecular formula is C60H42N2O. The van der Waals surface area contributed by atoms with Crippen LogP contribution in [0.5, 0.6) is 11.5 Å². The number of benzene rings is 11. The molecule has 0 aliphatic carbocycles. The first kappa shape index (κ1) is 36.7. The van der Waals surface area contributed by atoms with Crippen molar-refractivity contribution in [3.05, 3.63) is 230 Å². The molecule has 1 aliphatic rings. The molecule has 63 heavy (non-hydrogen) atoms. The van der Waals surface area contributed by atoms with E-state index in [1.807, 2.05) is 0 Å². The van der Waals surface area contributed by atoms with Gasteiger partial charge in [-0.3, -0.25) is 0 Å². The minimum atomic E-state index is 0.845. The highest BCUT2D eigenvalue weighted by atomic mass is 16.5. The predicted octanol–water partition coefficient (Wildman–Crippen LogP) is 17.3. The fourth-order valence-electron chi connectivity index (χ4n) is 9.79. The average molecular weight is 807 g/mol. The number of hydrogen-bond donors (Lipinski definition) is 0. The predicted molar refractivity (Wildman–Crippen MR) is 266 cm³/mol. The first-order valence-electron chi connectivity index (χ1n) is 21.7. The number of para-hydroxylation sites is 3. The van der Waals surface area contributed by atoms with Gasteiger partial charge in [-0.2, -0.15) is 0 Å². The monoisotopic (exact) mass is 806 g/mol. The van der Waals surface area contributed by atoms with Gasteiger partial charge in [0.1, 0.15) is 11.5 Å². The smallest absolute Gasteiger partial charge is 0.137 e. The molecule has 0 N–H and O–H groups in total. The Morgan fingerprint density at radius 1 is 0.317 bits per heavy atom. The summed E-state index contributed by atoms with van der Waals surface area (Å²) in [5.41, 5.74) is 13.5. The molecule has 0 bridgehead atoms. The van der Waals surface area contributed by atoms with Crippen LogP contribution in [0.2, 0.25) is 0 Å². The van der Waals surface area contributed by atoms with Crippen LogP contribution < -0.4 is 14.5 Å². The molecule has 298 valence electrons. The molecular weight excluding hydrogens is 765 g/mol. The van der Waals surface area contributed by atoms with Gasteiger partial charge in [-0.15, -0.1) is 0 Å². The Morgan fingerprint density at radius 3 is 1.73 bits per heavy atom. The van der Waals surface area contributed by atoms with Crippen LogP contribution in [0.25, 0.3) is 65.3 Å². The summed E-state index contributed by atoms with van der Waals surface area (Å²) in [6.45, 7) is 4.38. The van der Waals surface area contributed by atoms with Gasteiger partial charge in [-0.05, 0) is 136 Å². The fourth-order valence-corrected chi connectivity index (χ4v) is 9.79. The van der Waals surface area contributed by atoms with E-state index < -0.39 is 0 Å². The molecule has 0 radical (unpaired) electrons. The third-order valence-corrected chi connectivity index (χ3v) is 12.6. The summed E-state index contributed by atoms with van der Waals surface area (Å²) in [4.78, 5) is 4.77. The molecule has 0 unspecified atom stereocenters. The Morgan fingerprint density at radius 2 is 0.937 bits per heavy atom. The van der Waals surface area contributed by atoms with Crippen molar-refractivity contribution in [3.8, 4) is 33.8 Å². The Bertz CT molecular complexity index is 3560. The van der Waals surface area contributed by atoms with E-state index in [0.717, 1.165) is 62.1 Å². The molecule has 0 atom stereocenters. The van der Waals surface area contributed by atoms with E-state index in [4.69, 9.17) is 4.74 Å². The van der Waals surface area contributed by atoms with Crippen LogP contribution in [0.15, 0.2) is 218 Å². The second-order valence-corrected chi connectivity index (χ2v) is 16.7. The van der Waals surface area contributed by atoms with Crippen molar-refractivity contribution in [2.45, 2.75) is 13.8 Å². The average Bonchev–Trinajstić information content (AvgIpc) is 3.33. The van der Waals surface area contributed by atoms with E-state index in [9.17, 15) is 0 Å². The van der Waals surface area contributed by atoms with E-state index in [-0.39, 0.29) is 0 Å². The first-order chi connectivity index (χ1) is 31.1. The number of hydrogen-bond acceptors (Lipinski definition) is 3. The molecule has 11 aromatic rings. The zero-order chi connectivity index (χ0) is 42.0. The van der Waals surface area contributed by atoms with Crippen LogP contribution in [-0.2, 0) is 0 Å². The van der Waals surface area contributed by atoms with Gasteiger partial charge in [0.2, 0.25) is 0 Å². The highest BCUT2D eigenvalue weighted by Crippen LogP contribution is 2.53. The maximum Gasteiger partial charge on any atom is 0.137 e. The maximum absolute atomic E-state index is 7.06. The Balaban J connectivity index is 1.09. The molecule has 1 heterocycles. The molecule has 12 rings (SSSR count). The highest BCUT2D eigenvalue weighted by Gasteiger charge is 2.27. The van der Waals surface area contributed by atoms with Crippen LogP contribution in [-0.4, -0.2) is 0 Å². The summed E-state index contributed by atoms with van der Waals surface area (Å²) in [7, 11) is 0. The lowest BCUT2D eigenvalue weighted by molar-refractivity contribution is 0.487. The van der Waals surface area contributed by atoms with Crippen LogP contribution in [0.1, 0.15) is 11.1 Å². The lowest BCUT2D eigenvalue weighted by atomic mass is 9.87. The number of fused-ring (bicyclic) bond motifs is 7. The SMILES string of the molecule is Cc1ccc2c(N(c3ccccc3)c3ccccc3-c3ccccc3)cc3c4cc(C)cc5c4c(cc3c2c1)-c1ccc(N(c2ccccc2)c2ccc3ccccc3c2)cc1O5. The van der Waals surface area contributed by atoms with Crippen LogP contribution in [0.3, 0.4) is 0 Å². The minimum absolute atomic E-state index is 0.845. The van der Waals surface area contributed by atoms with Crippen molar-refractivity contribution in [2.24, 2.45) is 0 Å². The van der Waals surface area contributed by atoms with Crippen molar-refractivity contribution in [3.63, 3.8) is 0 Å². The van der Waals surface area contributed by atoms with Gasteiger partial charge in [0.15, 0.2) is 0 Å². The largest absolute Gasteiger partial charge is 0.456 e. The Kier molecular flexibility index (Phi) is 8.62. The van der Waals surface area contributed by atoms with Gasteiger partial charge in [-0.25, -0.2) is 0 Å². The molecule has 0 amide bonds. The van der Waals surface area contributed by atoms with Crippen LogP contribution in [0, 0.1) is 13.8 Å². The van der Waals surface area contributed by atoms with Gasteiger partial charge in [-0.1, -0.05) is 145 Å². The molecule has 0 aromatic heterocycles. The second-order valence-electron chi connectivity index (χ2n) is 16.7. The van der Waals surface area contributed by atoms with Gasteiger partial charge in [0.25, 0.3) is 0 Å². The van der Waals surface area contributed by atoms with Crippen LogP contribution in [0.4, 0.5) is 34.1 Å². The van der Waals surface area contributed by atoms with Crippen molar-refractivity contribution in [1.82, 2.24) is 0 Å². The van der Waals surface area contributed by atoms with E-state index >= 15 is 0 Å². The molecule has 3 heteroatoms. The summed E-state index contributed by atoms with van der Waals surface area (Å²) >= 11 is 0. The zero-order valence-corrected chi connectivity index (χ0v) is 35.1. The van der Waals surface area contributed by atoms with E-state index in [2.05, 4.69) is 242 Å². The summed E-state index contributed by atoms with van der Waals surface area (Å²) in [5, 5.41) is 9.56. The van der Waals surface area contributed by atoms with E-state index in [1.165, 1.54) is 60.0 Å². The number of aryl methyl sites for hydroxylation is 2. The van der Waals surface area contributed by atoms with Gasteiger partial charge < -0.3 is 14.5 Å². The number of ether oxygens (including phenoxy) is 1. The minimum Gasteiger partial charge on any atom is -0.456 e. The molecule has 0 fully saturated rings. The van der Waals surface area contributed by atoms with Gasteiger partial charge in [0.05, 0.1) is 11.4 Å². The second kappa shape index (κ2) is 14.8. The van der Waals surface area contributed by atoms with Crippen LogP contribution >= 0.6 is 0 Å². The molecule has 11 aromatic carbocycles. The fraction of sp³-hybridized carbons (Fsp3) is 0.0333. The molecule has 3 nitrogen and oxygen atoms in total. The van der Waals surface area contributed by atoms with Crippen molar-refractivity contribution in [1.29, 1.82) is 0 Å². The van der Waals surface area contributed by atoms with Crippen molar-refractivity contribution >= 4 is 77.2 Å². The standard InChI is InChI=1S/C60H42N2O/c1-39-26-30-49-51(32-39)52-37-55-50-31-29-47(61(44-20-8-4-9-21-44)46-28-27-41-16-12-13-19-43(41)35-46)36-58(50)63-59-34-40(2)33-54(60(55)59)53(52)38-57(49)62(45-22-10-5-11-23-45)56-25-15-14-24-48(56)42-17-6-3-7-18-42/h3-38H,1-2H3. The van der Waals surface area contributed by atoms with Gasteiger partial charge in [0, 0.05) is 50.7 Å². The lowest BCUT2D eigenvalue weighted by Gasteiger charge is -2.30. The number of nitrogens with zero attached hydrogens (tertiary/aromatic N) is 2. The van der Waals surface area contributed by atoms with Gasteiger partial charge >= 0.3 is 0 Å². The number of anilines is 6. The first-order valence-corrected chi connectivity index (χ1v) is 21.7. The Hall–Kier alpha value is -8.14. The number of rotatable bonds is 7. The van der Waals surface area contributed by atoms with Crippen molar-refractivity contribution in [2.75, 3.05) is 9.80 Å². The maximum atomic E-state index is 7.06. The highest BCUT2D eigenvalue weighted by molar-refractivity contribution is 6.26. The summed E-state index contributed by atoms with van der Waals surface area (Å²) in [5.74, 6) is 1.72. The third kappa shape index (κ3) is 6.20. The zero-order valence-electron chi connectivity index (χ0n) is 35.1. The summed E-state index contributed by atoms with van der Waals surface area (Å²) in [6.07, 6.45) is 0. The van der Waals surface area contributed by atoms with E-state index in [1.54, 1.807) is 0 Å². The summed E-state index contributed by atoms with van der Waals surface area (Å²) < 4.78 is 7.06. The molecule has 0 saturated heterocycles.